The van der Waals surface area contributed by atoms with E-state index in [0.29, 0.717) is 11.8 Å². The number of carbonyl (C=O) groups is 1. The topological polar surface area (TPSA) is 83.1 Å². The summed E-state index contributed by atoms with van der Waals surface area (Å²) in [6.45, 7) is 8.34. The molecule has 1 N–H and O–H groups in total. The number of unbranched alkanes of at least 4 members (excludes halogenated alkanes) is 1. The number of hydrogen-bond donors (Lipinski definition) is 1. The normalized spacial score (nSPS) is 15.8. The predicted octanol–water partition coefficient (Wildman–Crippen LogP) is 5.71. The number of nitrogens with one attached hydrogen (secondary N) is 1. The fraction of sp³-hybridized carbons (Fsp3) is 0.593. The molecule has 0 saturated heterocycles. The van der Waals surface area contributed by atoms with Crippen molar-refractivity contribution >= 4 is 35.1 Å². The largest absolute Gasteiger partial charge is 0.495 e. The van der Waals surface area contributed by atoms with Crippen LogP contribution in [-0.4, -0.2) is 67.3 Å². The number of nitrogens with zero attached hydrogens (tertiary/aromatic N) is 5. The molecular formula is C27H38ClFN6O3. The number of fused-ring (bicyclic) bond motifs is 1. The summed E-state index contributed by atoms with van der Waals surface area (Å²) in [5.41, 5.74) is 0.651. The summed E-state index contributed by atoms with van der Waals surface area (Å²) in [6.07, 6.45) is 7.54. The van der Waals surface area contributed by atoms with Crippen molar-refractivity contribution in [2.45, 2.75) is 65.0 Å². The van der Waals surface area contributed by atoms with Crippen LogP contribution in [0.25, 0.3) is 0 Å². The third kappa shape index (κ3) is 5.76. The van der Waals surface area contributed by atoms with Crippen LogP contribution in [0, 0.1) is 5.82 Å². The highest BCUT2D eigenvalue weighted by atomic mass is 35.5. The van der Waals surface area contributed by atoms with Crippen LogP contribution in [0.3, 0.4) is 0 Å². The maximum atomic E-state index is 15.5. The quantitative estimate of drug-likeness (QED) is 0.340. The highest BCUT2D eigenvalue weighted by molar-refractivity contribution is 6.35. The molecule has 208 valence electrons. The number of anilines is 3. The van der Waals surface area contributed by atoms with E-state index in [2.05, 4.69) is 29.0 Å². The van der Waals surface area contributed by atoms with Gasteiger partial charge in [0.2, 0.25) is 5.95 Å². The lowest BCUT2D eigenvalue weighted by molar-refractivity contribution is 0.247. The molecule has 1 aliphatic carbocycles. The van der Waals surface area contributed by atoms with Crippen molar-refractivity contribution in [3.05, 3.63) is 28.7 Å². The van der Waals surface area contributed by atoms with Crippen LogP contribution in [0.2, 0.25) is 5.02 Å². The Morgan fingerprint density at radius 2 is 1.87 bits per heavy atom. The van der Waals surface area contributed by atoms with E-state index in [4.69, 9.17) is 26.1 Å². The summed E-state index contributed by atoms with van der Waals surface area (Å²) in [5, 5.41) is 3.33. The van der Waals surface area contributed by atoms with Crippen LogP contribution < -0.4 is 24.6 Å². The molecule has 0 radical (unpaired) electrons. The molecule has 2 aromatic rings. The Kier molecular flexibility index (Phi) is 9.49. The van der Waals surface area contributed by atoms with E-state index in [9.17, 15) is 4.79 Å². The van der Waals surface area contributed by atoms with Crippen LogP contribution >= 0.6 is 11.6 Å². The summed E-state index contributed by atoms with van der Waals surface area (Å²) in [6, 6.07) is 0.973. The summed E-state index contributed by atoms with van der Waals surface area (Å²) < 4.78 is 26.1. The van der Waals surface area contributed by atoms with Crippen molar-refractivity contribution in [2.24, 2.45) is 0 Å². The Morgan fingerprint density at radius 1 is 1.16 bits per heavy atom. The molecule has 0 spiro atoms. The molecule has 1 aromatic carbocycles. The number of halogens is 2. The van der Waals surface area contributed by atoms with Crippen LogP contribution in [0.1, 0.15) is 57.9 Å². The molecule has 0 unspecified atom stereocenters. The second-order valence-electron chi connectivity index (χ2n) is 9.64. The summed E-state index contributed by atoms with van der Waals surface area (Å²) in [7, 11) is 2.80. The van der Waals surface area contributed by atoms with Crippen molar-refractivity contribution < 1.29 is 18.7 Å². The van der Waals surface area contributed by atoms with Gasteiger partial charge in [0.1, 0.15) is 22.3 Å². The van der Waals surface area contributed by atoms with Crippen molar-refractivity contribution in [1.29, 1.82) is 0 Å². The smallest absolute Gasteiger partial charge is 0.330 e. The fourth-order valence-electron chi connectivity index (χ4n) is 5.24. The van der Waals surface area contributed by atoms with Crippen LogP contribution in [-0.2, 0) is 6.54 Å². The van der Waals surface area contributed by atoms with Gasteiger partial charge in [-0.1, -0.05) is 38.3 Å². The van der Waals surface area contributed by atoms with Gasteiger partial charge in [-0.3, -0.25) is 9.80 Å². The molecule has 1 saturated carbocycles. The monoisotopic (exact) mass is 548 g/mol. The number of aromatic nitrogens is 2. The summed E-state index contributed by atoms with van der Waals surface area (Å²) in [4.78, 5) is 28.7. The standard InChI is InChI=1S/C27H38ClFN6O3/c1-5-33(6-2)14-10-9-13-30-26-31-16-18-17-34(24-22(28)20(37-3)15-21(38-4)23(24)29)27(36)35(25(18)32-26)19-11-7-8-12-19/h15-16,19H,5-14,17H2,1-4H3,(H,30,31,32). The number of carbonyl (C=O) groups excluding carboxylic acids is 1. The molecule has 4 rings (SSSR count). The predicted molar refractivity (Wildman–Crippen MR) is 148 cm³/mol. The van der Waals surface area contributed by atoms with Gasteiger partial charge in [-0.05, 0) is 45.3 Å². The molecule has 1 aliphatic heterocycles. The van der Waals surface area contributed by atoms with Gasteiger partial charge in [0.15, 0.2) is 11.6 Å². The molecule has 2 amide bonds. The van der Waals surface area contributed by atoms with E-state index < -0.39 is 5.82 Å². The molecule has 11 heteroatoms. The van der Waals surface area contributed by atoms with Crippen molar-refractivity contribution in [3.8, 4) is 11.5 Å². The Balaban J connectivity index is 1.61. The number of benzene rings is 1. The minimum absolute atomic E-state index is 0.0119. The summed E-state index contributed by atoms with van der Waals surface area (Å²) >= 11 is 6.55. The maximum Gasteiger partial charge on any atom is 0.330 e. The van der Waals surface area contributed by atoms with Gasteiger partial charge in [0.05, 0.1) is 20.8 Å². The molecular weight excluding hydrogens is 511 g/mol. The molecule has 2 heterocycles. The molecule has 0 atom stereocenters. The molecule has 1 aromatic heterocycles. The second kappa shape index (κ2) is 12.8. The van der Waals surface area contributed by atoms with Crippen LogP contribution in [0.5, 0.6) is 11.5 Å². The first-order chi connectivity index (χ1) is 18.4. The first-order valence-corrected chi connectivity index (χ1v) is 13.8. The van der Waals surface area contributed by atoms with E-state index >= 15 is 4.39 Å². The van der Waals surface area contributed by atoms with Gasteiger partial charge >= 0.3 is 6.03 Å². The highest BCUT2D eigenvalue weighted by Crippen LogP contribution is 2.45. The molecule has 2 aliphatic rings. The second-order valence-corrected chi connectivity index (χ2v) is 10.0. The fourth-order valence-corrected chi connectivity index (χ4v) is 5.55. The minimum atomic E-state index is -0.717. The Hall–Kier alpha value is -2.85. The number of amides is 2. The lowest BCUT2D eigenvalue weighted by atomic mass is 10.1. The van der Waals surface area contributed by atoms with Gasteiger partial charge in [0.25, 0.3) is 0 Å². The Labute approximate surface area is 229 Å². The number of urea groups is 1. The van der Waals surface area contributed by atoms with Crippen molar-refractivity contribution in [3.63, 3.8) is 0 Å². The van der Waals surface area contributed by atoms with E-state index in [0.717, 1.165) is 70.3 Å². The van der Waals surface area contributed by atoms with Gasteiger partial charge < -0.3 is 19.7 Å². The van der Waals surface area contributed by atoms with E-state index in [-0.39, 0.29) is 40.8 Å². The van der Waals surface area contributed by atoms with Crippen molar-refractivity contribution in [1.82, 2.24) is 14.9 Å². The third-order valence-corrected chi connectivity index (χ3v) is 7.79. The third-order valence-electron chi connectivity index (χ3n) is 7.42. The highest BCUT2D eigenvalue weighted by Gasteiger charge is 2.41. The van der Waals surface area contributed by atoms with Gasteiger partial charge in [0, 0.05) is 30.4 Å². The molecule has 0 bridgehead atoms. The number of hydrogen-bond acceptors (Lipinski definition) is 7. The number of methoxy groups -OCH3 is 2. The van der Waals surface area contributed by atoms with Crippen LogP contribution in [0.4, 0.5) is 26.6 Å². The summed E-state index contributed by atoms with van der Waals surface area (Å²) in [5.74, 6) is 0.519. The Morgan fingerprint density at radius 3 is 2.53 bits per heavy atom. The minimum Gasteiger partial charge on any atom is -0.495 e. The van der Waals surface area contributed by atoms with Crippen LogP contribution in [0.15, 0.2) is 12.3 Å². The first kappa shape index (κ1) is 28.2. The van der Waals surface area contributed by atoms with E-state index in [1.165, 1.54) is 25.2 Å². The number of ether oxygens (including phenoxy) is 2. The average molecular weight is 549 g/mol. The molecule has 1 fully saturated rings. The molecule has 9 nitrogen and oxygen atoms in total. The first-order valence-electron chi connectivity index (χ1n) is 13.5. The van der Waals surface area contributed by atoms with Crippen molar-refractivity contribution in [2.75, 3.05) is 55.5 Å². The van der Waals surface area contributed by atoms with E-state index in [1.807, 2.05) is 0 Å². The number of rotatable bonds is 12. The lowest BCUT2D eigenvalue weighted by Crippen LogP contribution is -2.52. The average Bonchev–Trinajstić information content (AvgIpc) is 3.46. The zero-order valence-corrected chi connectivity index (χ0v) is 23.5. The zero-order chi connectivity index (χ0) is 27.2. The van der Waals surface area contributed by atoms with Gasteiger partial charge in [-0.15, -0.1) is 0 Å². The maximum absolute atomic E-state index is 15.5. The lowest BCUT2D eigenvalue weighted by Gasteiger charge is -2.39. The molecule has 38 heavy (non-hydrogen) atoms. The van der Waals surface area contributed by atoms with E-state index in [1.54, 1.807) is 11.1 Å². The van der Waals surface area contributed by atoms with Gasteiger partial charge in [-0.2, -0.15) is 4.98 Å². The zero-order valence-electron chi connectivity index (χ0n) is 22.7. The SMILES string of the molecule is CCN(CC)CCCCNc1ncc2c(n1)N(C1CCCC1)C(=O)N(c1c(F)c(OC)cc(OC)c1Cl)C2. The Bertz CT molecular complexity index is 1100. The van der Waals surface area contributed by atoms with Gasteiger partial charge in [-0.25, -0.2) is 14.2 Å².